The van der Waals surface area contributed by atoms with Gasteiger partial charge in [-0.15, -0.1) is 0 Å². The van der Waals surface area contributed by atoms with Crippen molar-refractivity contribution in [2.75, 3.05) is 11.1 Å². The van der Waals surface area contributed by atoms with Crippen LogP contribution in [0, 0.1) is 12.3 Å². The minimum atomic E-state index is 0.413. The Morgan fingerprint density at radius 2 is 1.23 bits per heavy atom. The third kappa shape index (κ3) is 8.17. The Bertz CT molecular complexity index is 3460. The van der Waals surface area contributed by atoms with Gasteiger partial charge in [0.2, 0.25) is 0 Å². The normalized spacial score (nSPS) is 11.5. The molecule has 0 bridgehead atoms. The average molecular weight is 839 g/mol. The van der Waals surface area contributed by atoms with Gasteiger partial charge in [0, 0.05) is 55.6 Å². The van der Waals surface area contributed by atoms with Gasteiger partial charge in [-0.1, -0.05) is 176 Å². The molecule has 4 heteroatoms. The number of nitrogens with one attached hydrogen (secondary N) is 2. The van der Waals surface area contributed by atoms with E-state index in [-0.39, 0.29) is 0 Å². The van der Waals surface area contributed by atoms with E-state index in [1.807, 2.05) is 79.7 Å². The highest BCUT2D eigenvalue weighted by atomic mass is 15.0. The number of nitrogen functional groups attached to an aromatic ring is 1. The average Bonchev–Trinajstić information content (AvgIpc) is 3.70. The van der Waals surface area contributed by atoms with Gasteiger partial charge in [0.1, 0.15) is 0 Å². The van der Waals surface area contributed by atoms with Crippen molar-refractivity contribution in [1.29, 1.82) is 5.41 Å². The Balaban J connectivity index is 0.000000171. The maximum Gasteiger partial charge on any atom is 0.0705 e. The molecule has 0 aliphatic rings. The van der Waals surface area contributed by atoms with Crippen LogP contribution in [-0.4, -0.2) is 10.3 Å². The molecule has 0 fully saturated rings. The van der Waals surface area contributed by atoms with Gasteiger partial charge in [-0.25, -0.2) is 0 Å². The number of aromatic nitrogens is 1. The maximum atomic E-state index is 8.77. The fourth-order valence-corrected chi connectivity index (χ4v) is 8.92. The van der Waals surface area contributed by atoms with Crippen LogP contribution in [0.4, 0.5) is 17.1 Å². The van der Waals surface area contributed by atoms with Crippen LogP contribution in [0.2, 0.25) is 0 Å². The van der Waals surface area contributed by atoms with E-state index < -0.39 is 0 Å². The highest BCUT2D eigenvalue weighted by Crippen LogP contribution is 2.45. The van der Waals surface area contributed by atoms with Crippen LogP contribution in [0.15, 0.2) is 226 Å². The zero-order valence-corrected chi connectivity index (χ0v) is 36.7. The molecule has 0 aliphatic heterocycles. The van der Waals surface area contributed by atoms with Crippen LogP contribution < -0.4 is 11.1 Å². The first-order valence-corrected chi connectivity index (χ1v) is 21.9. The summed E-state index contributed by atoms with van der Waals surface area (Å²) in [4.78, 5) is 0. The minimum Gasteiger partial charge on any atom is -0.398 e. The quantitative estimate of drug-likeness (QED) is 0.0556. The number of nitrogens with two attached hydrogens (primary N) is 1. The Labute approximate surface area is 381 Å². The molecule has 0 aliphatic carbocycles. The Morgan fingerprint density at radius 1 is 0.615 bits per heavy atom. The van der Waals surface area contributed by atoms with Crippen LogP contribution >= 0.6 is 0 Å². The van der Waals surface area contributed by atoms with E-state index in [1.54, 1.807) is 6.08 Å². The van der Waals surface area contributed by atoms with E-state index in [0.717, 1.165) is 56.0 Å². The zero-order chi connectivity index (χ0) is 44.9. The van der Waals surface area contributed by atoms with Crippen molar-refractivity contribution in [1.82, 2.24) is 4.57 Å². The van der Waals surface area contributed by atoms with Crippen molar-refractivity contribution in [3.63, 3.8) is 0 Å². The summed E-state index contributed by atoms with van der Waals surface area (Å²) in [6.07, 6.45) is 9.82. The van der Waals surface area contributed by atoms with Crippen LogP contribution in [0.1, 0.15) is 34.7 Å². The maximum absolute atomic E-state index is 8.77. The number of aryl methyl sites for hydroxylation is 1. The Morgan fingerprint density at radius 3 is 1.91 bits per heavy atom. The second-order valence-electron chi connectivity index (χ2n) is 16.1. The number of fused-ring (bicyclic) bond motifs is 8. The highest BCUT2D eigenvalue weighted by Gasteiger charge is 2.22. The SMILES string of the molecule is C=C/C=C(\C=C/C)c1cc(C(=N)c2ccccc2N)cc(-c2ccccc2)c1.C=Cc1c(Nc2ccccc2)ccc2c1c1c3ccccc3c3ccccc3c1n2-c1ccc(C)cc1. The van der Waals surface area contributed by atoms with E-state index in [1.165, 1.54) is 48.9 Å². The lowest BCUT2D eigenvalue weighted by molar-refractivity contribution is 1.18. The minimum absolute atomic E-state index is 0.413. The number of nitrogens with zero attached hydrogens (tertiary/aromatic N) is 1. The van der Waals surface area contributed by atoms with Crippen molar-refractivity contribution in [2.24, 2.45) is 0 Å². The summed E-state index contributed by atoms with van der Waals surface area (Å²) in [6.45, 7) is 12.2. The van der Waals surface area contributed by atoms with E-state index in [2.05, 4.69) is 170 Å². The van der Waals surface area contributed by atoms with Crippen molar-refractivity contribution in [3.05, 3.63) is 253 Å². The molecule has 4 nitrogen and oxygen atoms in total. The Hall–Kier alpha value is -8.47. The molecule has 0 atom stereocenters. The molecule has 10 aromatic rings. The summed E-state index contributed by atoms with van der Waals surface area (Å²) >= 11 is 0. The number of hydrogen-bond donors (Lipinski definition) is 3. The predicted molar refractivity (Wildman–Crippen MR) is 282 cm³/mol. The first-order valence-electron chi connectivity index (χ1n) is 21.9. The van der Waals surface area contributed by atoms with Crippen molar-refractivity contribution in [2.45, 2.75) is 13.8 Å². The standard InChI is InChI=1S/C35H26N2.C26H24N2/c1-3-26-31(36-24-11-5-4-6-12-24)21-22-32-33(26)34-29-15-9-7-13-27(29)28-14-8-10-16-30(28)35(34)37(32)25-19-17-23(2)18-20-25;1-3-10-19(11-4-2)21-16-22(20-12-6-5-7-13-20)18-23(17-21)26(28)24-14-8-9-15-25(24)27/h3-22,36H,1H2,2H3;3-18,28H,1,27H2,2H3/b;11-4-,19-10+,28-26?. The molecule has 1 aromatic heterocycles. The number of rotatable bonds is 10. The molecule has 0 amide bonds. The van der Waals surface area contributed by atoms with Gasteiger partial charge in [0.15, 0.2) is 0 Å². The van der Waals surface area contributed by atoms with Gasteiger partial charge in [0.25, 0.3) is 0 Å². The predicted octanol–water partition coefficient (Wildman–Crippen LogP) is 16.3. The van der Waals surface area contributed by atoms with E-state index in [0.29, 0.717) is 11.4 Å². The van der Waals surface area contributed by atoms with Crippen molar-refractivity contribution < 1.29 is 0 Å². The molecule has 9 aromatic carbocycles. The first-order chi connectivity index (χ1) is 31.9. The topological polar surface area (TPSA) is 66.8 Å². The molecular formula is C61H50N4. The highest BCUT2D eigenvalue weighted by molar-refractivity contribution is 6.33. The van der Waals surface area contributed by atoms with E-state index in [9.17, 15) is 0 Å². The monoisotopic (exact) mass is 838 g/mol. The number of para-hydroxylation sites is 2. The lowest BCUT2D eigenvalue weighted by Crippen LogP contribution is -2.06. The summed E-state index contributed by atoms with van der Waals surface area (Å²) in [5.41, 5.74) is 21.0. The number of hydrogen-bond acceptors (Lipinski definition) is 3. The smallest absolute Gasteiger partial charge is 0.0705 e. The third-order valence-corrected chi connectivity index (χ3v) is 11.9. The van der Waals surface area contributed by atoms with Gasteiger partial charge >= 0.3 is 0 Å². The summed E-state index contributed by atoms with van der Waals surface area (Å²) in [5.74, 6) is 0. The lowest BCUT2D eigenvalue weighted by Gasteiger charge is -2.13. The number of allylic oxidation sites excluding steroid dienone is 5. The molecule has 314 valence electrons. The van der Waals surface area contributed by atoms with Gasteiger partial charge in [-0.05, 0) is 113 Å². The summed E-state index contributed by atoms with van der Waals surface area (Å²) in [7, 11) is 0. The second kappa shape index (κ2) is 18.5. The van der Waals surface area contributed by atoms with Gasteiger partial charge in [-0.3, -0.25) is 5.41 Å². The molecule has 65 heavy (non-hydrogen) atoms. The van der Waals surface area contributed by atoms with Gasteiger partial charge in [-0.2, -0.15) is 0 Å². The van der Waals surface area contributed by atoms with Gasteiger partial charge in [0.05, 0.1) is 16.7 Å². The molecule has 0 saturated carbocycles. The summed E-state index contributed by atoms with van der Waals surface area (Å²) in [6, 6.07) is 65.1. The largest absolute Gasteiger partial charge is 0.398 e. The summed E-state index contributed by atoms with van der Waals surface area (Å²) < 4.78 is 2.43. The zero-order valence-electron chi connectivity index (χ0n) is 36.7. The second-order valence-corrected chi connectivity index (χ2v) is 16.1. The number of benzene rings is 9. The first kappa shape index (κ1) is 41.9. The fraction of sp³-hybridized carbons (Fsp3) is 0.0328. The lowest BCUT2D eigenvalue weighted by atomic mass is 9.92. The van der Waals surface area contributed by atoms with Crippen LogP contribution in [0.3, 0.4) is 0 Å². The third-order valence-electron chi connectivity index (χ3n) is 11.9. The fourth-order valence-electron chi connectivity index (χ4n) is 8.92. The van der Waals surface area contributed by atoms with Gasteiger partial charge < -0.3 is 15.6 Å². The molecule has 1 heterocycles. The molecule has 0 spiro atoms. The van der Waals surface area contributed by atoms with Crippen molar-refractivity contribution in [3.8, 4) is 16.8 Å². The summed E-state index contributed by atoms with van der Waals surface area (Å²) in [5, 5.41) is 19.9. The molecule has 0 radical (unpaired) electrons. The molecule has 0 saturated heterocycles. The van der Waals surface area contributed by atoms with Crippen LogP contribution in [0.25, 0.3) is 71.8 Å². The van der Waals surface area contributed by atoms with E-state index in [4.69, 9.17) is 11.1 Å². The Kier molecular flexibility index (Phi) is 11.9. The molecular weight excluding hydrogens is 789 g/mol. The van der Waals surface area contributed by atoms with Crippen LogP contribution in [0.5, 0.6) is 0 Å². The molecule has 10 rings (SSSR count). The number of anilines is 3. The molecule has 0 unspecified atom stereocenters. The molecule has 4 N–H and O–H groups in total. The van der Waals surface area contributed by atoms with Crippen molar-refractivity contribution >= 4 is 77.8 Å². The van der Waals surface area contributed by atoms with Crippen LogP contribution in [-0.2, 0) is 0 Å². The van der Waals surface area contributed by atoms with E-state index >= 15 is 0 Å².